The molecule has 1 amide bonds. The first-order valence-corrected chi connectivity index (χ1v) is 12.9. The lowest BCUT2D eigenvalue weighted by Crippen LogP contribution is -2.38. The van der Waals surface area contributed by atoms with Crippen LogP contribution in [-0.2, 0) is 19.4 Å². The maximum absolute atomic E-state index is 12.6. The zero-order chi connectivity index (χ0) is 20.6. The molecule has 0 bridgehead atoms. The van der Waals surface area contributed by atoms with Crippen molar-refractivity contribution >= 4 is 44.0 Å². The number of amidine groups is 1. The third kappa shape index (κ3) is 4.18. The Balaban J connectivity index is 1.64. The van der Waals surface area contributed by atoms with Crippen LogP contribution in [0, 0.1) is 0 Å². The molecule has 9 heteroatoms. The van der Waals surface area contributed by atoms with E-state index in [1.807, 2.05) is 29.2 Å². The van der Waals surface area contributed by atoms with E-state index in [0.717, 1.165) is 30.9 Å². The van der Waals surface area contributed by atoms with Crippen LogP contribution in [0.5, 0.6) is 0 Å². The van der Waals surface area contributed by atoms with E-state index in [9.17, 15) is 13.2 Å². The van der Waals surface area contributed by atoms with Crippen molar-refractivity contribution in [2.75, 3.05) is 41.0 Å². The number of sulfone groups is 1. The van der Waals surface area contributed by atoms with Gasteiger partial charge in [0.15, 0.2) is 15.0 Å². The van der Waals surface area contributed by atoms with Gasteiger partial charge in [-0.05, 0) is 51.0 Å². The summed E-state index contributed by atoms with van der Waals surface area (Å²) in [6.07, 6.45) is 1.09. The summed E-state index contributed by atoms with van der Waals surface area (Å²) in [6.45, 7) is 6.66. The summed E-state index contributed by atoms with van der Waals surface area (Å²) in [5.41, 5.74) is 1.99. The molecule has 0 saturated carbocycles. The van der Waals surface area contributed by atoms with E-state index in [1.54, 1.807) is 0 Å². The molecule has 0 radical (unpaired) electrons. The lowest BCUT2D eigenvalue weighted by Gasteiger charge is -2.26. The first kappa shape index (κ1) is 20.7. The minimum Gasteiger partial charge on any atom is -0.372 e. The number of carbonyl (C=O) groups excluding carboxylic acids is 1. The van der Waals surface area contributed by atoms with E-state index in [0.29, 0.717) is 18.2 Å². The van der Waals surface area contributed by atoms with E-state index < -0.39 is 15.9 Å². The summed E-state index contributed by atoms with van der Waals surface area (Å²) in [6, 6.07) is 7.88. The van der Waals surface area contributed by atoms with Crippen molar-refractivity contribution < 1.29 is 17.9 Å². The van der Waals surface area contributed by atoms with Crippen LogP contribution < -0.4 is 9.80 Å². The van der Waals surface area contributed by atoms with Crippen molar-refractivity contribution in [1.29, 1.82) is 0 Å². The van der Waals surface area contributed by atoms with Gasteiger partial charge in [-0.25, -0.2) is 8.42 Å². The molecule has 4 rings (SSSR count). The Morgan fingerprint density at radius 3 is 2.59 bits per heavy atom. The summed E-state index contributed by atoms with van der Waals surface area (Å²) < 4.78 is 29.9. The Kier molecular flexibility index (Phi) is 5.90. The highest BCUT2D eigenvalue weighted by Gasteiger charge is 2.49. The molecule has 1 aromatic carbocycles. The zero-order valence-electron chi connectivity index (χ0n) is 16.8. The van der Waals surface area contributed by atoms with Crippen molar-refractivity contribution in [3.63, 3.8) is 0 Å². The number of amides is 1. The molecule has 0 aliphatic carbocycles. The Hall–Kier alpha value is -1.58. The van der Waals surface area contributed by atoms with Gasteiger partial charge in [0, 0.05) is 36.3 Å². The van der Waals surface area contributed by atoms with Crippen molar-refractivity contribution in [2.45, 2.75) is 44.1 Å². The molecule has 0 spiro atoms. The Morgan fingerprint density at radius 1 is 1.24 bits per heavy atom. The molecule has 3 saturated heterocycles. The molecule has 3 aliphatic heterocycles. The highest BCUT2D eigenvalue weighted by Crippen LogP contribution is 2.41. The van der Waals surface area contributed by atoms with E-state index in [-0.39, 0.29) is 28.7 Å². The first-order valence-electron chi connectivity index (χ1n) is 10.2. The van der Waals surface area contributed by atoms with Gasteiger partial charge in [-0.2, -0.15) is 4.99 Å². The van der Waals surface area contributed by atoms with E-state index in [1.165, 1.54) is 11.8 Å². The number of hydrogen-bond donors (Lipinski definition) is 0. The molecule has 7 nitrogen and oxygen atoms in total. The van der Waals surface area contributed by atoms with Crippen LogP contribution in [0.25, 0.3) is 0 Å². The molecule has 29 heavy (non-hydrogen) atoms. The number of fused-ring (bicyclic) bond motifs is 1. The van der Waals surface area contributed by atoms with Crippen LogP contribution in [0.2, 0.25) is 0 Å². The summed E-state index contributed by atoms with van der Waals surface area (Å²) in [5, 5.41) is 0.490. The van der Waals surface area contributed by atoms with Crippen LogP contribution in [0.4, 0.5) is 11.4 Å². The van der Waals surface area contributed by atoms with Crippen molar-refractivity contribution in [1.82, 2.24) is 0 Å². The summed E-state index contributed by atoms with van der Waals surface area (Å²) in [7, 11) is -3.08. The van der Waals surface area contributed by atoms with Gasteiger partial charge in [0.05, 0.1) is 17.5 Å². The minimum atomic E-state index is -3.08. The SMILES string of the molecule is CCN(CC)c1ccc(N2C(=NC(=O)[C@@H]3CCCO3)S[C@@H]3CS(=O)(=O)C[C@@H]32)cc1. The summed E-state index contributed by atoms with van der Waals surface area (Å²) in [5.74, 6) is -0.0448. The van der Waals surface area contributed by atoms with Gasteiger partial charge < -0.3 is 14.5 Å². The topological polar surface area (TPSA) is 79.3 Å². The van der Waals surface area contributed by atoms with Crippen LogP contribution in [0.1, 0.15) is 26.7 Å². The van der Waals surface area contributed by atoms with Gasteiger partial charge in [0.25, 0.3) is 5.91 Å². The van der Waals surface area contributed by atoms with Crippen LogP contribution in [0.15, 0.2) is 29.3 Å². The van der Waals surface area contributed by atoms with Gasteiger partial charge in [-0.3, -0.25) is 4.79 Å². The molecule has 0 N–H and O–H groups in total. The summed E-state index contributed by atoms with van der Waals surface area (Å²) >= 11 is 1.40. The number of carbonyl (C=O) groups is 1. The van der Waals surface area contributed by atoms with Crippen LogP contribution in [-0.4, -0.2) is 68.1 Å². The molecule has 3 atom stereocenters. The number of rotatable bonds is 5. The molecular weight excluding hydrogens is 410 g/mol. The fourth-order valence-electron chi connectivity index (χ4n) is 4.22. The molecule has 0 aromatic heterocycles. The predicted molar refractivity (Wildman–Crippen MR) is 118 cm³/mol. The molecule has 158 valence electrons. The van der Waals surface area contributed by atoms with E-state index in [2.05, 4.69) is 23.7 Å². The lowest BCUT2D eigenvalue weighted by molar-refractivity contribution is -0.126. The smallest absolute Gasteiger partial charge is 0.277 e. The number of aliphatic imine (C=N–C) groups is 1. The van der Waals surface area contributed by atoms with Crippen LogP contribution >= 0.6 is 11.8 Å². The van der Waals surface area contributed by atoms with Gasteiger partial charge in [-0.1, -0.05) is 11.8 Å². The third-order valence-corrected chi connectivity index (χ3v) is 8.94. The largest absolute Gasteiger partial charge is 0.372 e. The highest BCUT2D eigenvalue weighted by atomic mass is 32.2. The molecule has 3 fully saturated rings. The third-order valence-electron chi connectivity index (χ3n) is 5.73. The fourth-order valence-corrected chi connectivity index (χ4v) is 8.14. The fraction of sp³-hybridized carbons (Fsp3) is 0.600. The zero-order valence-corrected chi connectivity index (χ0v) is 18.4. The Morgan fingerprint density at radius 2 is 1.97 bits per heavy atom. The number of anilines is 2. The molecule has 3 heterocycles. The normalized spacial score (nSPS) is 29.4. The maximum Gasteiger partial charge on any atom is 0.277 e. The molecule has 1 aromatic rings. The molecule has 0 unspecified atom stereocenters. The standard InChI is InChI=1S/C20H27N3O4S2/c1-3-22(4-2)14-7-9-15(10-8-14)23-16-12-29(25,26)13-18(16)28-20(23)21-19(24)17-6-5-11-27-17/h7-10,16-18H,3-6,11-13H2,1-2H3/t16-,17-,18+/m0/s1. The number of ether oxygens (including phenoxy) is 1. The predicted octanol–water partition coefficient (Wildman–Crippen LogP) is 2.31. The number of thioether (sulfide) groups is 1. The maximum atomic E-state index is 12.6. The lowest BCUT2D eigenvalue weighted by atomic mass is 10.2. The average molecular weight is 438 g/mol. The number of benzene rings is 1. The second-order valence-corrected chi connectivity index (χ2v) is 11.0. The van der Waals surface area contributed by atoms with Gasteiger partial charge in [0.1, 0.15) is 6.10 Å². The quantitative estimate of drug-likeness (QED) is 0.699. The number of nitrogens with zero attached hydrogens (tertiary/aromatic N) is 3. The Bertz CT molecular complexity index is 891. The Labute approximate surface area is 176 Å². The van der Waals surface area contributed by atoms with E-state index >= 15 is 0 Å². The second-order valence-electron chi connectivity index (χ2n) is 7.59. The van der Waals surface area contributed by atoms with Gasteiger partial charge in [0.2, 0.25) is 0 Å². The highest BCUT2D eigenvalue weighted by molar-refractivity contribution is 8.16. The van der Waals surface area contributed by atoms with Gasteiger partial charge >= 0.3 is 0 Å². The first-order chi connectivity index (χ1) is 13.9. The van der Waals surface area contributed by atoms with Gasteiger partial charge in [-0.15, -0.1) is 0 Å². The monoisotopic (exact) mass is 437 g/mol. The van der Waals surface area contributed by atoms with Crippen molar-refractivity contribution in [3.8, 4) is 0 Å². The second kappa shape index (κ2) is 8.28. The van der Waals surface area contributed by atoms with Crippen LogP contribution in [0.3, 0.4) is 0 Å². The van der Waals surface area contributed by atoms with Crippen molar-refractivity contribution in [3.05, 3.63) is 24.3 Å². The molecular formula is C20H27N3O4S2. The average Bonchev–Trinajstić information content (AvgIpc) is 3.38. The molecule has 3 aliphatic rings. The summed E-state index contributed by atoms with van der Waals surface area (Å²) in [4.78, 5) is 21.1. The number of hydrogen-bond acceptors (Lipinski definition) is 6. The van der Waals surface area contributed by atoms with E-state index in [4.69, 9.17) is 4.74 Å². The minimum absolute atomic E-state index is 0.0929. The van der Waals surface area contributed by atoms with Crippen molar-refractivity contribution in [2.24, 2.45) is 4.99 Å².